The fourth-order valence-electron chi connectivity index (χ4n) is 4.64. The maximum atomic E-state index is 12.9. The Kier molecular flexibility index (Phi) is 6.59. The highest BCUT2D eigenvalue weighted by molar-refractivity contribution is 5.69. The summed E-state index contributed by atoms with van der Waals surface area (Å²) in [5.41, 5.74) is 10.1. The van der Waals surface area contributed by atoms with E-state index in [2.05, 4.69) is 40.3 Å². The van der Waals surface area contributed by atoms with Crippen LogP contribution < -0.4 is 21.5 Å². The topological polar surface area (TPSA) is 89.1 Å². The first-order chi connectivity index (χ1) is 17.1. The Morgan fingerprint density at radius 1 is 0.971 bits per heavy atom. The molecule has 0 radical (unpaired) electrons. The molecule has 0 saturated carbocycles. The maximum Gasteiger partial charge on any atom is 0.252 e. The summed E-state index contributed by atoms with van der Waals surface area (Å²) in [5.74, 6) is 2.21. The first-order valence-corrected chi connectivity index (χ1v) is 12.1. The van der Waals surface area contributed by atoms with Crippen LogP contribution in [0.4, 0.5) is 17.6 Å². The summed E-state index contributed by atoms with van der Waals surface area (Å²) in [7, 11) is 0. The number of nitrogens with two attached hydrogens (primary N) is 1. The van der Waals surface area contributed by atoms with Gasteiger partial charge in [0.1, 0.15) is 11.6 Å². The van der Waals surface area contributed by atoms with Gasteiger partial charge >= 0.3 is 0 Å². The summed E-state index contributed by atoms with van der Waals surface area (Å²) in [4.78, 5) is 24.3. The van der Waals surface area contributed by atoms with Crippen LogP contribution in [0.3, 0.4) is 0 Å². The number of hydrogen-bond acceptors (Lipinski definition) is 6. The molecular formula is C28H30N6O. The smallest absolute Gasteiger partial charge is 0.252 e. The van der Waals surface area contributed by atoms with E-state index in [4.69, 9.17) is 10.7 Å². The normalized spacial score (nSPS) is 13.8. The zero-order valence-corrected chi connectivity index (χ0v) is 19.9. The molecule has 2 aromatic carbocycles. The van der Waals surface area contributed by atoms with Crippen LogP contribution in [0.25, 0.3) is 11.1 Å². The highest BCUT2D eigenvalue weighted by Crippen LogP contribution is 2.30. The Morgan fingerprint density at radius 3 is 2.63 bits per heavy atom. The lowest BCUT2D eigenvalue weighted by molar-refractivity contribution is 0.574. The summed E-state index contributed by atoms with van der Waals surface area (Å²) in [6.45, 7) is 4.14. The predicted molar refractivity (Wildman–Crippen MR) is 141 cm³/mol. The average molecular weight is 467 g/mol. The van der Waals surface area contributed by atoms with Gasteiger partial charge in [-0.15, -0.1) is 0 Å². The summed E-state index contributed by atoms with van der Waals surface area (Å²) in [6.07, 6.45) is 3.48. The molecule has 0 bridgehead atoms. The van der Waals surface area contributed by atoms with Crippen molar-refractivity contribution >= 4 is 17.6 Å². The lowest BCUT2D eigenvalue weighted by Crippen LogP contribution is -2.35. The molecule has 1 aliphatic heterocycles. The molecule has 2 aromatic heterocycles. The van der Waals surface area contributed by atoms with E-state index in [1.54, 1.807) is 12.3 Å². The van der Waals surface area contributed by atoms with Gasteiger partial charge in [0.2, 0.25) is 5.95 Å². The minimum Gasteiger partial charge on any atom is -0.351 e. The van der Waals surface area contributed by atoms with Gasteiger partial charge in [-0.1, -0.05) is 54.6 Å². The van der Waals surface area contributed by atoms with E-state index in [9.17, 15) is 4.79 Å². The van der Waals surface area contributed by atoms with Crippen LogP contribution in [-0.4, -0.2) is 27.1 Å². The van der Waals surface area contributed by atoms with E-state index in [0.29, 0.717) is 19.0 Å². The van der Waals surface area contributed by atoms with Crippen molar-refractivity contribution in [1.82, 2.24) is 14.5 Å². The molecule has 35 heavy (non-hydrogen) atoms. The van der Waals surface area contributed by atoms with E-state index in [1.807, 2.05) is 53.1 Å². The number of benzene rings is 2. The second kappa shape index (κ2) is 10.1. The van der Waals surface area contributed by atoms with Crippen molar-refractivity contribution in [3.63, 3.8) is 0 Å². The van der Waals surface area contributed by atoms with Crippen LogP contribution in [0.2, 0.25) is 0 Å². The quantitative estimate of drug-likeness (QED) is 0.421. The zero-order chi connectivity index (χ0) is 24.2. The van der Waals surface area contributed by atoms with Crippen LogP contribution in [0.1, 0.15) is 24.5 Å². The van der Waals surface area contributed by atoms with Crippen molar-refractivity contribution in [3.8, 4) is 11.1 Å². The van der Waals surface area contributed by atoms with Gasteiger partial charge in [0.25, 0.3) is 5.56 Å². The van der Waals surface area contributed by atoms with Gasteiger partial charge in [0.15, 0.2) is 0 Å². The highest BCUT2D eigenvalue weighted by atomic mass is 16.1. The van der Waals surface area contributed by atoms with E-state index >= 15 is 0 Å². The molecule has 4 aromatic rings. The van der Waals surface area contributed by atoms with Gasteiger partial charge in [0.05, 0.1) is 0 Å². The minimum absolute atomic E-state index is 0.00629. The number of fused-ring (bicyclic) bond motifs is 1. The van der Waals surface area contributed by atoms with Crippen LogP contribution in [0.5, 0.6) is 0 Å². The van der Waals surface area contributed by atoms with Crippen molar-refractivity contribution in [3.05, 3.63) is 100 Å². The molecular weight excluding hydrogens is 436 g/mol. The molecule has 178 valence electrons. The Morgan fingerprint density at radius 2 is 1.80 bits per heavy atom. The molecule has 0 amide bonds. The van der Waals surface area contributed by atoms with Crippen LogP contribution >= 0.6 is 0 Å². The van der Waals surface area contributed by atoms with Crippen molar-refractivity contribution in [2.45, 2.75) is 38.9 Å². The second-order valence-electron chi connectivity index (χ2n) is 8.98. The average Bonchev–Trinajstić information content (AvgIpc) is 2.89. The first kappa shape index (κ1) is 22.8. The predicted octanol–water partition coefficient (Wildman–Crippen LogP) is 4.35. The van der Waals surface area contributed by atoms with E-state index in [1.165, 1.54) is 5.56 Å². The Bertz CT molecular complexity index is 1370. The van der Waals surface area contributed by atoms with Gasteiger partial charge in [-0.3, -0.25) is 9.36 Å². The number of pyridine rings is 1. The standard InChI is InChI=1S/C28H30N6O/c1-20(15-21-7-5-8-22(16-21)19-29)31-28-30-12-11-25(32-28)33-13-6-14-34-26(33)17-24(18-27(34)35)23-9-3-2-4-10-23/h2-5,7-12,16-18,20H,6,13-15,19,29H2,1H3,(H,30,31,32). The van der Waals surface area contributed by atoms with E-state index < -0.39 is 0 Å². The Balaban J connectivity index is 1.40. The van der Waals surface area contributed by atoms with Crippen LogP contribution in [0, 0.1) is 0 Å². The van der Waals surface area contributed by atoms with Gasteiger partial charge in [-0.05, 0) is 54.2 Å². The van der Waals surface area contributed by atoms with Crippen molar-refractivity contribution in [1.29, 1.82) is 0 Å². The third kappa shape index (κ3) is 5.10. The van der Waals surface area contributed by atoms with Gasteiger partial charge < -0.3 is 16.0 Å². The van der Waals surface area contributed by atoms with Gasteiger partial charge in [-0.25, -0.2) is 4.98 Å². The summed E-state index contributed by atoms with van der Waals surface area (Å²) in [5, 5.41) is 3.43. The molecule has 0 saturated heterocycles. The fraction of sp³-hybridized carbons (Fsp3) is 0.250. The number of rotatable bonds is 7. The Hall–Kier alpha value is -3.97. The monoisotopic (exact) mass is 466 g/mol. The SMILES string of the molecule is CC(Cc1cccc(CN)c1)Nc1nccc(N2CCCn3c2cc(-c2ccccc2)cc3=O)n1. The molecule has 7 nitrogen and oxygen atoms in total. The minimum atomic E-state index is 0.00629. The van der Waals surface area contributed by atoms with Gasteiger partial charge in [0, 0.05) is 37.9 Å². The van der Waals surface area contributed by atoms with E-state index in [0.717, 1.165) is 47.7 Å². The zero-order valence-electron chi connectivity index (χ0n) is 19.9. The summed E-state index contributed by atoms with van der Waals surface area (Å²) < 4.78 is 1.83. The maximum absolute atomic E-state index is 12.9. The van der Waals surface area contributed by atoms with E-state index in [-0.39, 0.29) is 11.6 Å². The number of hydrogen-bond donors (Lipinski definition) is 2. The third-order valence-corrected chi connectivity index (χ3v) is 6.32. The molecule has 1 atom stereocenters. The van der Waals surface area contributed by atoms with Gasteiger partial charge in [-0.2, -0.15) is 4.98 Å². The molecule has 1 aliphatic rings. The van der Waals surface area contributed by atoms with Crippen molar-refractivity contribution in [2.24, 2.45) is 5.73 Å². The number of nitrogens with zero attached hydrogens (tertiary/aromatic N) is 4. The third-order valence-electron chi connectivity index (χ3n) is 6.32. The summed E-state index contributed by atoms with van der Waals surface area (Å²) in [6, 6.07) is 24.2. The Labute approximate surface area is 205 Å². The number of anilines is 3. The molecule has 0 spiro atoms. The molecule has 7 heteroatoms. The second-order valence-corrected chi connectivity index (χ2v) is 8.98. The molecule has 3 N–H and O–H groups in total. The largest absolute Gasteiger partial charge is 0.351 e. The molecule has 1 unspecified atom stereocenters. The number of aromatic nitrogens is 3. The molecule has 0 fully saturated rings. The molecule has 3 heterocycles. The molecule has 5 rings (SSSR count). The van der Waals surface area contributed by atoms with Crippen LogP contribution in [0.15, 0.2) is 83.8 Å². The molecule has 0 aliphatic carbocycles. The fourth-order valence-corrected chi connectivity index (χ4v) is 4.64. The van der Waals surface area contributed by atoms with Crippen molar-refractivity contribution < 1.29 is 0 Å². The van der Waals surface area contributed by atoms with Crippen LogP contribution in [-0.2, 0) is 19.5 Å². The lowest BCUT2D eigenvalue weighted by Gasteiger charge is -2.31. The highest BCUT2D eigenvalue weighted by Gasteiger charge is 2.22. The summed E-state index contributed by atoms with van der Waals surface area (Å²) >= 11 is 0. The lowest BCUT2D eigenvalue weighted by atomic mass is 10.0. The van der Waals surface area contributed by atoms with Crippen molar-refractivity contribution in [2.75, 3.05) is 16.8 Å². The number of nitrogens with one attached hydrogen (secondary N) is 1. The first-order valence-electron chi connectivity index (χ1n) is 12.1.